The molecule has 3 fully saturated rings. The molecule has 2 aliphatic heterocycles. The second-order valence-corrected chi connectivity index (χ2v) is 12.1. The number of aromatic nitrogens is 1. The largest absolute Gasteiger partial charge is 0.497 e. The van der Waals surface area contributed by atoms with Gasteiger partial charge in [0.2, 0.25) is 15.9 Å². The van der Waals surface area contributed by atoms with Gasteiger partial charge in [0.05, 0.1) is 19.7 Å². The van der Waals surface area contributed by atoms with Crippen molar-refractivity contribution in [3.8, 4) is 5.75 Å². The van der Waals surface area contributed by atoms with E-state index in [9.17, 15) is 22.8 Å². The van der Waals surface area contributed by atoms with E-state index in [1.165, 1.54) is 33.7 Å². The molecule has 2 saturated heterocycles. The van der Waals surface area contributed by atoms with Gasteiger partial charge in [-0.1, -0.05) is 12.8 Å². The summed E-state index contributed by atoms with van der Waals surface area (Å²) in [6.07, 6.45) is 5.43. The van der Waals surface area contributed by atoms with E-state index in [-0.39, 0.29) is 35.4 Å². The van der Waals surface area contributed by atoms with Crippen molar-refractivity contribution >= 4 is 38.6 Å². The smallest absolute Gasteiger partial charge is 0.287 e. The van der Waals surface area contributed by atoms with Crippen LogP contribution in [0.3, 0.4) is 0 Å². The van der Waals surface area contributed by atoms with Crippen molar-refractivity contribution in [2.75, 3.05) is 20.2 Å². The number of pyridine rings is 1. The van der Waals surface area contributed by atoms with Crippen LogP contribution in [0.15, 0.2) is 58.1 Å². The first-order valence-corrected chi connectivity index (χ1v) is 14.3. The van der Waals surface area contributed by atoms with Crippen molar-refractivity contribution in [3.05, 3.63) is 54.6 Å². The van der Waals surface area contributed by atoms with Crippen molar-refractivity contribution in [1.29, 1.82) is 0 Å². The molecule has 3 atom stereocenters. The third-order valence-corrected chi connectivity index (χ3v) is 9.57. The Bertz CT molecular complexity index is 1550. The third-order valence-electron chi connectivity index (χ3n) is 7.72. The molecule has 3 unspecified atom stereocenters. The summed E-state index contributed by atoms with van der Waals surface area (Å²) in [5, 5.41) is 3.52. The average molecular weight is 553 g/mol. The van der Waals surface area contributed by atoms with Gasteiger partial charge in [0.25, 0.3) is 5.91 Å². The van der Waals surface area contributed by atoms with Crippen LogP contribution in [-0.2, 0) is 19.6 Å². The zero-order chi connectivity index (χ0) is 27.3. The normalized spacial score (nSPS) is 22.2. The van der Waals surface area contributed by atoms with Gasteiger partial charge >= 0.3 is 0 Å². The van der Waals surface area contributed by atoms with Gasteiger partial charge in [-0.3, -0.25) is 19.4 Å². The summed E-state index contributed by atoms with van der Waals surface area (Å²) in [6, 6.07) is 7.35. The van der Waals surface area contributed by atoms with Gasteiger partial charge < -0.3 is 19.4 Å². The molecule has 39 heavy (non-hydrogen) atoms. The minimum atomic E-state index is -3.96. The summed E-state index contributed by atoms with van der Waals surface area (Å²) in [5.74, 6) is -0.244. The van der Waals surface area contributed by atoms with Crippen LogP contribution < -0.4 is 10.1 Å². The van der Waals surface area contributed by atoms with Crippen molar-refractivity contribution in [2.45, 2.75) is 48.7 Å². The summed E-state index contributed by atoms with van der Waals surface area (Å²) >= 11 is 0. The number of ketones is 1. The van der Waals surface area contributed by atoms with Crippen LogP contribution in [0, 0.1) is 5.92 Å². The number of nitrogens with one attached hydrogen (secondary N) is 1. The number of hydrogen-bond acceptors (Lipinski definition) is 8. The first-order valence-electron chi connectivity index (χ1n) is 12.9. The van der Waals surface area contributed by atoms with Crippen molar-refractivity contribution < 1.29 is 32.0 Å². The van der Waals surface area contributed by atoms with Crippen molar-refractivity contribution in [1.82, 2.24) is 19.5 Å². The van der Waals surface area contributed by atoms with E-state index in [1.54, 1.807) is 31.4 Å². The van der Waals surface area contributed by atoms with Crippen molar-refractivity contribution in [3.63, 3.8) is 0 Å². The Labute approximate surface area is 225 Å². The van der Waals surface area contributed by atoms with E-state index in [2.05, 4.69) is 10.3 Å². The summed E-state index contributed by atoms with van der Waals surface area (Å²) < 4.78 is 38.6. The van der Waals surface area contributed by atoms with E-state index in [0.29, 0.717) is 35.5 Å². The lowest BCUT2D eigenvalue weighted by Crippen LogP contribution is -2.52. The minimum Gasteiger partial charge on any atom is -0.497 e. The number of carbonyl (C=O) groups excluding carboxylic acids is 3. The predicted octanol–water partition coefficient (Wildman–Crippen LogP) is 1.98. The topological polar surface area (TPSA) is 139 Å². The summed E-state index contributed by atoms with van der Waals surface area (Å²) in [4.78, 5) is 45.4. The van der Waals surface area contributed by atoms with Crippen LogP contribution >= 0.6 is 0 Å². The second kappa shape index (κ2) is 9.76. The molecule has 0 spiro atoms. The maximum absolute atomic E-state index is 13.8. The number of hydrogen-bond donors (Lipinski definition) is 1. The molecular formula is C27H28N4O7S. The molecule has 4 heterocycles. The number of rotatable bonds is 8. The second-order valence-electron chi connectivity index (χ2n) is 10.3. The van der Waals surface area contributed by atoms with E-state index in [0.717, 1.165) is 12.8 Å². The Morgan fingerprint density at radius 1 is 1.21 bits per heavy atom. The zero-order valence-electron chi connectivity index (χ0n) is 21.3. The number of amides is 2. The highest BCUT2D eigenvalue weighted by Crippen LogP contribution is 2.37. The number of fused-ring (bicyclic) bond motifs is 2. The van der Waals surface area contributed by atoms with Gasteiger partial charge in [-0.15, -0.1) is 0 Å². The van der Waals surface area contributed by atoms with Crippen LogP contribution in [0.1, 0.15) is 36.2 Å². The molecule has 3 aromatic rings. The van der Waals surface area contributed by atoms with Crippen LogP contribution in [0.4, 0.5) is 0 Å². The molecule has 0 radical (unpaired) electrons. The van der Waals surface area contributed by atoms with Gasteiger partial charge in [0.15, 0.2) is 11.5 Å². The maximum Gasteiger partial charge on any atom is 0.287 e. The highest BCUT2D eigenvalue weighted by Gasteiger charge is 2.54. The van der Waals surface area contributed by atoms with Crippen molar-refractivity contribution in [2.24, 2.45) is 5.92 Å². The summed E-state index contributed by atoms with van der Waals surface area (Å²) in [7, 11) is -2.41. The van der Waals surface area contributed by atoms with Crippen LogP contribution in [0.2, 0.25) is 0 Å². The summed E-state index contributed by atoms with van der Waals surface area (Å²) in [5.41, 5.74) is 0.514. The fourth-order valence-electron chi connectivity index (χ4n) is 5.57. The van der Waals surface area contributed by atoms with Crippen LogP contribution in [0.5, 0.6) is 5.75 Å². The van der Waals surface area contributed by atoms with E-state index < -0.39 is 34.1 Å². The molecular weight excluding hydrogens is 524 g/mol. The van der Waals surface area contributed by atoms with E-state index >= 15 is 0 Å². The fraction of sp³-hybridized carbons (Fsp3) is 0.407. The number of sulfonamides is 1. The number of Topliss-reactive ketones (excluding diaryl/α,β-unsaturated/α-hetero) is 1. The van der Waals surface area contributed by atoms with Gasteiger partial charge in [0.1, 0.15) is 28.3 Å². The molecule has 204 valence electrons. The molecule has 6 rings (SSSR count). The lowest BCUT2D eigenvalue weighted by Gasteiger charge is -2.28. The molecule has 1 aromatic carbocycles. The zero-order valence-corrected chi connectivity index (χ0v) is 22.1. The monoisotopic (exact) mass is 552 g/mol. The number of methoxy groups -OCH3 is 1. The van der Waals surface area contributed by atoms with Crippen LogP contribution in [-0.4, -0.2) is 78.5 Å². The minimum absolute atomic E-state index is 0.00514. The molecule has 2 amide bonds. The molecule has 1 N–H and O–H groups in total. The lowest BCUT2D eigenvalue weighted by molar-refractivity contribution is -0.138. The standard InChI is InChI=1S/C27H28N4O7S/c1-37-18-6-7-23-17(12-18)13-24(38-23)26(33)29-20(11-16-4-5-16)27(34)30-10-8-21-25(30)22(32)15-31(21)39(35,36)19-3-2-9-28-14-19/h2-3,6-7,9,12-14,16,20-21,25H,4-5,8,10-11,15H2,1H3,(H,29,33). The Kier molecular flexibility index (Phi) is 6.38. The number of benzene rings is 1. The molecule has 1 aliphatic carbocycles. The number of likely N-dealkylation sites (tertiary alicyclic amines) is 1. The lowest BCUT2D eigenvalue weighted by atomic mass is 10.1. The van der Waals surface area contributed by atoms with E-state index in [1.807, 2.05) is 0 Å². The molecule has 12 heteroatoms. The van der Waals surface area contributed by atoms with Crippen LogP contribution in [0.25, 0.3) is 11.0 Å². The Morgan fingerprint density at radius 2 is 2.03 bits per heavy atom. The Balaban J connectivity index is 1.21. The maximum atomic E-state index is 13.8. The third kappa shape index (κ3) is 4.67. The van der Waals surface area contributed by atoms with Gasteiger partial charge in [0, 0.05) is 24.3 Å². The molecule has 1 saturated carbocycles. The SMILES string of the molecule is COc1ccc2oc(C(=O)NC(CC3CC3)C(=O)N3CCC4C3C(=O)CN4S(=O)(=O)c3cccnc3)cc2c1. The predicted molar refractivity (Wildman–Crippen MR) is 138 cm³/mol. The highest BCUT2D eigenvalue weighted by molar-refractivity contribution is 7.89. The van der Waals surface area contributed by atoms with Gasteiger partial charge in [-0.2, -0.15) is 4.31 Å². The summed E-state index contributed by atoms with van der Waals surface area (Å²) in [6.45, 7) is -0.0844. The fourth-order valence-corrected chi connectivity index (χ4v) is 7.16. The Hall–Kier alpha value is -3.77. The Morgan fingerprint density at radius 3 is 2.74 bits per heavy atom. The first kappa shape index (κ1) is 25.5. The number of nitrogens with zero attached hydrogens (tertiary/aromatic N) is 3. The molecule has 0 bridgehead atoms. The van der Waals surface area contributed by atoms with E-state index in [4.69, 9.17) is 9.15 Å². The first-order chi connectivity index (χ1) is 18.8. The number of carbonyl (C=O) groups is 3. The average Bonchev–Trinajstić information content (AvgIpc) is 3.34. The molecule has 3 aliphatic rings. The molecule has 2 aromatic heterocycles. The van der Waals surface area contributed by atoms with Gasteiger partial charge in [-0.05, 0) is 55.2 Å². The quantitative estimate of drug-likeness (QED) is 0.448. The number of ether oxygens (including phenoxy) is 1. The highest BCUT2D eigenvalue weighted by atomic mass is 32.2. The molecule has 11 nitrogen and oxygen atoms in total. The number of furan rings is 1. The van der Waals surface area contributed by atoms with Gasteiger partial charge in [-0.25, -0.2) is 8.42 Å².